The number of imidazole rings is 1. The zero-order valence-corrected chi connectivity index (χ0v) is 8.78. The second-order valence-corrected chi connectivity index (χ2v) is 3.63. The number of aromatic amines is 1. The molecular formula is C8H3BrN4O2. The molecule has 1 aromatic heterocycles. The first kappa shape index (κ1) is 9.61. The fourth-order valence-corrected chi connectivity index (χ4v) is 1.76. The molecule has 0 aliphatic carbocycles. The molecule has 15 heavy (non-hydrogen) atoms. The van der Waals surface area contributed by atoms with Crippen LogP contribution in [0.2, 0.25) is 0 Å². The van der Waals surface area contributed by atoms with Crippen LogP contribution in [0, 0.1) is 21.4 Å². The molecule has 6 nitrogen and oxygen atoms in total. The Bertz CT molecular complexity index is 598. The van der Waals surface area contributed by atoms with Gasteiger partial charge in [0.05, 0.1) is 14.9 Å². The van der Waals surface area contributed by atoms with Crippen LogP contribution in [-0.2, 0) is 0 Å². The van der Waals surface area contributed by atoms with Crippen molar-refractivity contribution < 1.29 is 4.92 Å². The number of hydrogen-bond donors (Lipinski definition) is 1. The predicted molar refractivity (Wildman–Crippen MR) is 55.2 cm³/mol. The number of nitrogens with one attached hydrogen (secondary N) is 1. The van der Waals surface area contributed by atoms with Gasteiger partial charge in [-0.15, -0.1) is 0 Å². The third kappa shape index (κ3) is 1.55. The van der Waals surface area contributed by atoms with Crippen molar-refractivity contribution >= 4 is 32.7 Å². The average molecular weight is 267 g/mol. The van der Waals surface area contributed by atoms with Crippen LogP contribution in [0.1, 0.15) is 5.82 Å². The van der Waals surface area contributed by atoms with Crippen molar-refractivity contribution in [1.82, 2.24) is 9.97 Å². The van der Waals surface area contributed by atoms with Crippen molar-refractivity contribution in [1.29, 1.82) is 5.26 Å². The lowest BCUT2D eigenvalue weighted by Gasteiger charge is -1.93. The summed E-state index contributed by atoms with van der Waals surface area (Å²) in [4.78, 5) is 16.7. The molecule has 0 fully saturated rings. The van der Waals surface area contributed by atoms with E-state index in [-0.39, 0.29) is 11.5 Å². The Labute approximate surface area is 91.8 Å². The van der Waals surface area contributed by atoms with Gasteiger partial charge in [-0.25, -0.2) is 4.98 Å². The number of H-pyrrole nitrogens is 1. The minimum atomic E-state index is -0.503. The third-order valence-corrected chi connectivity index (χ3v) is 2.45. The molecule has 0 atom stereocenters. The quantitative estimate of drug-likeness (QED) is 0.632. The van der Waals surface area contributed by atoms with Crippen LogP contribution in [0.3, 0.4) is 0 Å². The van der Waals surface area contributed by atoms with Gasteiger partial charge in [0.2, 0.25) is 5.82 Å². The molecule has 0 unspecified atom stereocenters. The molecule has 0 saturated heterocycles. The first-order valence-corrected chi connectivity index (χ1v) is 4.65. The van der Waals surface area contributed by atoms with E-state index in [0.29, 0.717) is 15.5 Å². The maximum Gasteiger partial charge on any atom is 0.272 e. The summed E-state index contributed by atoms with van der Waals surface area (Å²) >= 11 is 3.16. The molecule has 1 N–H and O–H groups in total. The molecule has 0 bridgehead atoms. The molecule has 0 spiro atoms. The zero-order valence-electron chi connectivity index (χ0n) is 7.19. The van der Waals surface area contributed by atoms with E-state index in [1.54, 1.807) is 0 Å². The number of non-ortho nitro benzene ring substituents is 1. The van der Waals surface area contributed by atoms with Gasteiger partial charge in [0, 0.05) is 12.1 Å². The summed E-state index contributed by atoms with van der Waals surface area (Å²) in [6, 6.07) is 4.53. The Kier molecular flexibility index (Phi) is 2.13. The van der Waals surface area contributed by atoms with Crippen LogP contribution >= 0.6 is 15.9 Å². The second kappa shape index (κ2) is 3.33. The lowest BCUT2D eigenvalue weighted by Crippen LogP contribution is -1.87. The SMILES string of the molecule is N#Cc1nc2c(Br)cc([N+](=O)[O-])cc2[nH]1. The number of nitriles is 1. The van der Waals surface area contributed by atoms with E-state index in [4.69, 9.17) is 5.26 Å². The molecule has 0 radical (unpaired) electrons. The highest BCUT2D eigenvalue weighted by Crippen LogP contribution is 2.27. The van der Waals surface area contributed by atoms with Crippen LogP contribution in [0.15, 0.2) is 16.6 Å². The molecular weight excluding hydrogens is 264 g/mol. The fraction of sp³-hybridized carbons (Fsp3) is 0. The van der Waals surface area contributed by atoms with Crippen LogP contribution in [0.4, 0.5) is 5.69 Å². The van der Waals surface area contributed by atoms with Crippen molar-refractivity contribution in [3.63, 3.8) is 0 Å². The Balaban J connectivity index is 2.77. The standard InChI is InChI=1S/C8H3BrN4O2/c9-5-1-4(13(14)15)2-6-8(5)12-7(3-10)11-6/h1-2H,(H,11,12). The average Bonchev–Trinajstić information content (AvgIpc) is 2.61. The van der Waals surface area contributed by atoms with Crippen LogP contribution in [0.25, 0.3) is 11.0 Å². The van der Waals surface area contributed by atoms with Gasteiger partial charge < -0.3 is 4.98 Å². The summed E-state index contributed by atoms with van der Waals surface area (Å²) in [5.41, 5.74) is 0.923. The molecule has 2 aromatic rings. The first-order chi connectivity index (χ1) is 7.11. The van der Waals surface area contributed by atoms with Gasteiger partial charge in [0.25, 0.3) is 5.69 Å². The number of nitro groups is 1. The van der Waals surface area contributed by atoms with E-state index in [1.165, 1.54) is 12.1 Å². The molecule has 0 aliphatic rings. The van der Waals surface area contributed by atoms with E-state index in [1.807, 2.05) is 6.07 Å². The van der Waals surface area contributed by atoms with Gasteiger partial charge in [-0.3, -0.25) is 10.1 Å². The number of aromatic nitrogens is 2. The van der Waals surface area contributed by atoms with Gasteiger partial charge in [0.1, 0.15) is 11.6 Å². The molecule has 0 aliphatic heterocycles. The van der Waals surface area contributed by atoms with Crippen molar-refractivity contribution in [3.05, 3.63) is 32.5 Å². The number of hydrogen-bond acceptors (Lipinski definition) is 4. The molecule has 0 saturated carbocycles. The summed E-state index contributed by atoms with van der Waals surface area (Å²) < 4.78 is 0.490. The normalized spacial score (nSPS) is 10.1. The molecule has 7 heteroatoms. The third-order valence-electron chi connectivity index (χ3n) is 1.84. The van der Waals surface area contributed by atoms with Gasteiger partial charge in [0.15, 0.2) is 0 Å². The molecule has 1 heterocycles. The minimum absolute atomic E-state index is 0.0532. The highest BCUT2D eigenvalue weighted by molar-refractivity contribution is 9.10. The van der Waals surface area contributed by atoms with Gasteiger partial charge >= 0.3 is 0 Å². The Morgan fingerprint density at radius 2 is 2.33 bits per heavy atom. The fourth-order valence-electron chi connectivity index (χ4n) is 1.22. The minimum Gasteiger partial charge on any atom is -0.329 e. The van der Waals surface area contributed by atoms with E-state index in [9.17, 15) is 10.1 Å². The zero-order chi connectivity index (χ0) is 11.0. The maximum absolute atomic E-state index is 10.6. The molecule has 1 aromatic carbocycles. The van der Waals surface area contributed by atoms with Gasteiger partial charge in [-0.1, -0.05) is 0 Å². The molecule has 2 rings (SSSR count). The maximum atomic E-state index is 10.6. The van der Waals surface area contributed by atoms with Crippen LogP contribution in [-0.4, -0.2) is 14.9 Å². The number of fused-ring (bicyclic) bond motifs is 1. The van der Waals surface area contributed by atoms with Crippen molar-refractivity contribution in [2.24, 2.45) is 0 Å². The summed E-state index contributed by atoms with van der Waals surface area (Å²) in [5.74, 6) is 0.131. The first-order valence-electron chi connectivity index (χ1n) is 3.85. The summed E-state index contributed by atoms with van der Waals surface area (Å²) in [6.07, 6.45) is 0. The Morgan fingerprint density at radius 1 is 1.60 bits per heavy atom. The number of halogens is 1. The monoisotopic (exact) mass is 266 g/mol. The van der Waals surface area contributed by atoms with Crippen molar-refractivity contribution in [2.45, 2.75) is 0 Å². The highest BCUT2D eigenvalue weighted by atomic mass is 79.9. The Hall–Kier alpha value is -1.94. The van der Waals surface area contributed by atoms with Gasteiger partial charge in [-0.2, -0.15) is 5.26 Å². The lowest BCUT2D eigenvalue weighted by atomic mass is 10.3. The second-order valence-electron chi connectivity index (χ2n) is 2.78. The van der Waals surface area contributed by atoms with Crippen molar-refractivity contribution in [2.75, 3.05) is 0 Å². The summed E-state index contributed by atoms with van der Waals surface area (Å²) in [7, 11) is 0. The van der Waals surface area contributed by atoms with E-state index >= 15 is 0 Å². The smallest absolute Gasteiger partial charge is 0.272 e. The number of nitrogens with zero attached hydrogens (tertiary/aromatic N) is 3. The predicted octanol–water partition coefficient (Wildman–Crippen LogP) is 2.11. The number of benzene rings is 1. The van der Waals surface area contributed by atoms with E-state index < -0.39 is 4.92 Å². The van der Waals surface area contributed by atoms with Crippen LogP contribution in [0.5, 0.6) is 0 Å². The molecule has 0 amide bonds. The van der Waals surface area contributed by atoms with Gasteiger partial charge in [-0.05, 0) is 15.9 Å². The summed E-state index contributed by atoms with van der Waals surface area (Å²) in [5, 5.41) is 19.2. The number of nitro benzene ring substituents is 1. The highest BCUT2D eigenvalue weighted by Gasteiger charge is 2.13. The summed E-state index contributed by atoms with van der Waals surface area (Å²) in [6.45, 7) is 0. The topological polar surface area (TPSA) is 95.6 Å². The lowest BCUT2D eigenvalue weighted by molar-refractivity contribution is -0.384. The van der Waals surface area contributed by atoms with E-state index in [0.717, 1.165) is 0 Å². The largest absolute Gasteiger partial charge is 0.329 e. The Morgan fingerprint density at radius 3 is 2.93 bits per heavy atom. The van der Waals surface area contributed by atoms with E-state index in [2.05, 4.69) is 25.9 Å². The van der Waals surface area contributed by atoms with Crippen LogP contribution < -0.4 is 0 Å². The molecule has 74 valence electrons. The number of rotatable bonds is 1. The van der Waals surface area contributed by atoms with Crippen molar-refractivity contribution in [3.8, 4) is 6.07 Å².